The molecule has 6 heteroatoms. The smallest absolute Gasteiger partial charge is 0.226 e. The molecule has 120 valence electrons. The number of hydrogen-bond acceptors (Lipinski definition) is 4. The fourth-order valence-corrected chi connectivity index (χ4v) is 2.00. The Bertz CT molecular complexity index is 425. The van der Waals surface area contributed by atoms with Crippen molar-refractivity contribution >= 4 is 11.6 Å². The molecule has 1 amide bonds. The van der Waals surface area contributed by atoms with Gasteiger partial charge in [-0.3, -0.25) is 9.48 Å². The Labute approximate surface area is 127 Å². The van der Waals surface area contributed by atoms with E-state index < -0.39 is 0 Å². The second-order valence-corrected chi connectivity index (χ2v) is 5.68. The van der Waals surface area contributed by atoms with Crippen molar-refractivity contribution in [3.8, 4) is 0 Å². The average Bonchev–Trinajstić information content (AvgIpc) is 2.87. The van der Waals surface area contributed by atoms with Gasteiger partial charge in [0, 0.05) is 25.2 Å². The summed E-state index contributed by atoms with van der Waals surface area (Å²) in [7, 11) is 0. The van der Waals surface area contributed by atoms with Crippen molar-refractivity contribution in [2.24, 2.45) is 11.7 Å². The molecule has 0 radical (unpaired) electrons. The number of carbonyl (C=O) groups is 1. The maximum absolute atomic E-state index is 11.9. The minimum absolute atomic E-state index is 0.0560. The summed E-state index contributed by atoms with van der Waals surface area (Å²) in [6.07, 6.45) is 3.88. The highest BCUT2D eigenvalue weighted by atomic mass is 16.1. The Morgan fingerprint density at radius 3 is 2.67 bits per heavy atom. The number of likely N-dealkylation sites (N-methyl/N-ethyl adjacent to an activating group) is 1. The first-order chi connectivity index (χ1) is 9.96. The molecule has 1 unspecified atom stereocenters. The Kier molecular flexibility index (Phi) is 7.39. The SMILES string of the molecule is CCN(CC)CCn1cc(NC(=O)CC(N)C(C)C)cn1. The van der Waals surface area contributed by atoms with Crippen molar-refractivity contribution < 1.29 is 4.79 Å². The molecule has 0 aliphatic carbocycles. The highest BCUT2D eigenvalue weighted by molar-refractivity contribution is 5.90. The fraction of sp³-hybridized carbons (Fsp3) is 0.733. The lowest BCUT2D eigenvalue weighted by molar-refractivity contribution is -0.116. The van der Waals surface area contributed by atoms with Gasteiger partial charge in [-0.15, -0.1) is 0 Å². The summed E-state index contributed by atoms with van der Waals surface area (Å²) in [4.78, 5) is 14.2. The third kappa shape index (κ3) is 6.27. The van der Waals surface area contributed by atoms with Crippen LogP contribution in [0.25, 0.3) is 0 Å². The van der Waals surface area contributed by atoms with Gasteiger partial charge in [-0.25, -0.2) is 0 Å². The zero-order chi connectivity index (χ0) is 15.8. The first-order valence-electron chi connectivity index (χ1n) is 7.76. The lowest BCUT2D eigenvalue weighted by atomic mass is 10.0. The summed E-state index contributed by atoms with van der Waals surface area (Å²) < 4.78 is 1.86. The van der Waals surface area contributed by atoms with Gasteiger partial charge in [0.25, 0.3) is 0 Å². The van der Waals surface area contributed by atoms with E-state index in [0.717, 1.165) is 31.9 Å². The van der Waals surface area contributed by atoms with Gasteiger partial charge >= 0.3 is 0 Å². The predicted octanol–water partition coefficient (Wildman–Crippen LogP) is 1.54. The largest absolute Gasteiger partial charge is 0.327 e. The molecule has 0 fully saturated rings. The third-order valence-electron chi connectivity index (χ3n) is 3.73. The number of anilines is 1. The van der Waals surface area contributed by atoms with E-state index in [1.807, 2.05) is 24.7 Å². The standard InChI is InChI=1S/C15H29N5O/c1-5-19(6-2)7-8-20-11-13(10-17-20)18-15(21)9-14(16)12(3)4/h10-12,14H,5-9,16H2,1-4H3,(H,18,21). The van der Waals surface area contributed by atoms with E-state index in [-0.39, 0.29) is 11.9 Å². The first kappa shape index (κ1) is 17.7. The number of amides is 1. The second kappa shape index (κ2) is 8.79. The highest BCUT2D eigenvalue weighted by Gasteiger charge is 2.13. The van der Waals surface area contributed by atoms with E-state index in [1.54, 1.807) is 6.20 Å². The van der Waals surface area contributed by atoms with Crippen molar-refractivity contribution in [1.29, 1.82) is 0 Å². The van der Waals surface area contributed by atoms with E-state index in [0.29, 0.717) is 12.3 Å². The van der Waals surface area contributed by atoms with Gasteiger partial charge in [0.1, 0.15) is 0 Å². The number of nitrogens with two attached hydrogens (primary N) is 1. The molecule has 0 spiro atoms. The van der Waals surface area contributed by atoms with Crippen molar-refractivity contribution in [3.05, 3.63) is 12.4 Å². The van der Waals surface area contributed by atoms with Gasteiger partial charge in [-0.05, 0) is 19.0 Å². The van der Waals surface area contributed by atoms with Crippen LogP contribution in [-0.2, 0) is 11.3 Å². The molecule has 1 aromatic rings. The Morgan fingerprint density at radius 2 is 2.10 bits per heavy atom. The molecular formula is C15H29N5O. The maximum atomic E-state index is 11.9. The minimum atomic E-state index is -0.109. The lowest BCUT2D eigenvalue weighted by Gasteiger charge is -2.17. The van der Waals surface area contributed by atoms with Crippen LogP contribution in [0.5, 0.6) is 0 Å². The van der Waals surface area contributed by atoms with Gasteiger partial charge in [0.05, 0.1) is 18.4 Å². The normalized spacial score (nSPS) is 12.9. The Hall–Kier alpha value is -1.40. The summed E-state index contributed by atoms with van der Waals surface area (Å²) in [5.74, 6) is 0.243. The van der Waals surface area contributed by atoms with Crippen molar-refractivity contribution in [3.63, 3.8) is 0 Å². The summed E-state index contributed by atoms with van der Waals surface area (Å²) in [5.41, 5.74) is 6.63. The number of nitrogens with zero attached hydrogens (tertiary/aromatic N) is 3. The summed E-state index contributed by atoms with van der Waals surface area (Å²) >= 11 is 0. The molecule has 1 rings (SSSR count). The minimum Gasteiger partial charge on any atom is -0.327 e. The molecule has 0 aliphatic rings. The van der Waals surface area contributed by atoms with E-state index in [4.69, 9.17) is 5.73 Å². The molecule has 0 aromatic carbocycles. The monoisotopic (exact) mass is 295 g/mol. The predicted molar refractivity (Wildman–Crippen MR) is 86.1 cm³/mol. The number of hydrogen-bond donors (Lipinski definition) is 2. The molecule has 0 bridgehead atoms. The van der Waals surface area contributed by atoms with Crippen LogP contribution in [0.4, 0.5) is 5.69 Å². The quantitative estimate of drug-likeness (QED) is 0.724. The molecular weight excluding hydrogens is 266 g/mol. The number of aromatic nitrogens is 2. The summed E-state index contributed by atoms with van der Waals surface area (Å²) in [6.45, 7) is 12.2. The van der Waals surface area contributed by atoms with Crippen molar-refractivity contribution in [2.45, 2.75) is 46.7 Å². The zero-order valence-corrected chi connectivity index (χ0v) is 13.7. The molecule has 1 aromatic heterocycles. The van der Waals surface area contributed by atoms with Gasteiger partial charge in [-0.1, -0.05) is 27.7 Å². The van der Waals surface area contributed by atoms with E-state index >= 15 is 0 Å². The maximum Gasteiger partial charge on any atom is 0.226 e. The van der Waals surface area contributed by atoms with Gasteiger partial charge in [0.2, 0.25) is 5.91 Å². The van der Waals surface area contributed by atoms with E-state index in [2.05, 4.69) is 29.2 Å². The highest BCUT2D eigenvalue weighted by Crippen LogP contribution is 2.08. The van der Waals surface area contributed by atoms with Crippen LogP contribution in [0.15, 0.2) is 12.4 Å². The molecule has 1 heterocycles. The second-order valence-electron chi connectivity index (χ2n) is 5.68. The molecule has 0 aliphatic heterocycles. The van der Waals surface area contributed by atoms with Crippen molar-refractivity contribution in [1.82, 2.24) is 14.7 Å². The molecule has 0 saturated carbocycles. The number of rotatable bonds is 9. The van der Waals surface area contributed by atoms with E-state index in [9.17, 15) is 4.79 Å². The molecule has 3 N–H and O–H groups in total. The lowest BCUT2D eigenvalue weighted by Crippen LogP contribution is -2.31. The summed E-state index contributed by atoms with van der Waals surface area (Å²) in [6, 6.07) is -0.109. The van der Waals surface area contributed by atoms with Crippen LogP contribution < -0.4 is 11.1 Å². The van der Waals surface area contributed by atoms with Crippen LogP contribution in [0.2, 0.25) is 0 Å². The Balaban J connectivity index is 2.42. The Morgan fingerprint density at radius 1 is 1.43 bits per heavy atom. The number of nitrogens with one attached hydrogen (secondary N) is 1. The van der Waals surface area contributed by atoms with Gasteiger partial charge < -0.3 is 16.0 Å². The van der Waals surface area contributed by atoms with Crippen LogP contribution in [0, 0.1) is 5.92 Å². The first-order valence-corrected chi connectivity index (χ1v) is 7.76. The average molecular weight is 295 g/mol. The molecule has 0 saturated heterocycles. The molecule has 1 atom stereocenters. The van der Waals surface area contributed by atoms with Crippen LogP contribution >= 0.6 is 0 Å². The van der Waals surface area contributed by atoms with Crippen molar-refractivity contribution in [2.75, 3.05) is 25.0 Å². The molecule has 21 heavy (non-hydrogen) atoms. The fourth-order valence-electron chi connectivity index (χ4n) is 2.00. The summed E-state index contributed by atoms with van der Waals surface area (Å²) in [5, 5.41) is 7.12. The van der Waals surface area contributed by atoms with E-state index in [1.165, 1.54) is 0 Å². The van der Waals surface area contributed by atoms with Gasteiger partial charge in [-0.2, -0.15) is 5.10 Å². The van der Waals surface area contributed by atoms with Crippen LogP contribution in [0.1, 0.15) is 34.1 Å². The number of carbonyl (C=O) groups excluding carboxylic acids is 1. The van der Waals surface area contributed by atoms with Gasteiger partial charge in [0.15, 0.2) is 0 Å². The zero-order valence-electron chi connectivity index (χ0n) is 13.7. The van der Waals surface area contributed by atoms with Crippen LogP contribution in [0.3, 0.4) is 0 Å². The molecule has 6 nitrogen and oxygen atoms in total. The third-order valence-corrected chi connectivity index (χ3v) is 3.73. The van der Waals surface area contributed by atoms with Crippen LogP contribution in [-0.4, -0.2) is 46.3 Å². The topological polar surface area (TPSA) is 76.2 Å².